The van der Waals surface area contributed by atoms with Crippen LogP contribution in [0.15, 0.2) is 42.7 Å². The molecule has 0 aliphatic rings. The molecule has 28 heavy (non-hydrogen) atoms. The summed E-state index contributed by atoms with van der Waals surface area (Å²) in [4.78, 5) is 20.1. The monoisotopic (exact) mass is 378 g/mol. The van der Waals surface area contributed by atoms with E-state index < -0.39 is 5.97 Å². The standard InChI is InChI=1S/C22H26N4O2/c1-4-12-26-20(24-21(25-26)15(3)5-2)13-16-6-8-17(9-7-16)18-10-11-23-14-19(18)22(27)28/h6-11,14-15H,4-5,12-13H2,1-3H3,(H,27,28). The summed E-state index contributed by atoms with van der Waals surface area (Å²) in [6.45, 7) is 7.29. The molecule has 0 amide bonds. The van der Waals surface area contributed by atoms with Crippen LogP contribution in [-0.2, 0) is 13.0 Å². The molecule has 146 valence electrons. The summed E-state index contributed by atoms with van der Waals surface area (Å²) in [6.07, 6.45) is 5.72. The molecule has 0 bridgehead atoms. The molecule has 6 nitrogen and oxygen atoms in total. The van der Waals surface area contributed by atoms with E-state index in [4.69, 9.17) is 10.1 Å². The van der Waals surface area contributed by atoms with Gasteiger partial charge in [-0.2, -0.15) is 5.10 Å². The van der Waals surface area contributed by atoms with Gasteiger partial charge in [-0.25, -0.2) is 14.5 Å². The number of nitrogens with zero attached hydrogens (tertiary/aromatic N) is 4. The number of aromatic carboxylic acids is 1. The number of carboxylic acid groups (broad SMARTS) is 1. The largest absolute Gasteiger partial charge is 0.478 e. The summed E-state index contributed by atoms with van der Waals surface area (Å²) >= 11 is 0. The van der Waals surface area contributed by atoms with Crippen LogP contribution in [0.1, 0.15) is 67.1 Å². The Morgan fingerprint density at radius 3 is 2.57 bits per heavy atom. The quantitative estimate of drug-likeness (QED) is 0.622. The zero-order chi connectivity index (χ0) is 20.1. The lowest BCUT2D eigenvalue weighted by Gasteiger charge is -2.08. The van der Waals surface area contributed by atoms with E-state index in [0.29, 0.717) is 17.9 Å². The van der Waals surface area contributed by atoms with E-state index in [1.807, 2.05) is 28.9 Å². The third-order valence-electron chi connectivity index (χ3n) is 4.93. The molecule has 0 aliphatic heterocycles. The second-order valence-corrected chi connectivity index (χ2v) is 7.02. The molecule has 1 unspecified atom stereocenters. The van der Waals surface area contributed by atoms with Crippen LogP contribution in [0.3, 0.4) is 0 Å². The number of rotatable bonds is 8. The Hall–Kier alpha value is -3.02. The van der Waals surface area contributed by atoms with Gasteiger partial charge in [-0.05, 0) is 35.6 Å². The summed E-state index contributed by atoms with van der Waals surface area (Å²) in [7, 11) is 0. The molecule has 3 rings (SSSR count). The molecule has 0 fully saturated rings. The van der Waals surface area contributed by atoms with Crippen molar-refractivity contribution in [3.05, 3.63) is 65.5 Å². The van der Waals surface area contributed by atoms with Gasteiger partial charge < -0.3 is 5.11 Å². The van der Waals surface area contributed by atoms with Crippen molar-refractivity contribution in [2.24, 2.45) is 0 Å². The highest BCUT2D eigenvalue weighted by molar-refractivity contribution is 5.95. The molecular formula is C22H26N4O2. The predicted octanol–water partition coefficient (Wildman–Crippen LogP) is 4.55. The van der Waals surface area contributed by atoms with Gasteiger partial charge in [0.2, 0.25) is 0 Å². The summed E-state index contributed by atoms with van der Waals surface area (Å²) < 4.78 is 2.01. The molecule has 0 aliphatic carbocycles. The highest BCUT2D eigenvalue weighted by Crippen LogP contribution is 2.24. The van der Waals surface area contributed by atoms with Gasteiger partial charge in [-0.3, -0.25) is 4.98 Å². The van der Waals surface area contributed by atoms with E-state index in [1.165, 1.54) is 6.20 Å². The number of pyridine rings is 1. The van der Waals surface area contributed by atoms with E-state index in [-0.39, 0.29) is 5.56 Å². The topological polar surface area (TPSA) is 80.9 Å². The smallest absolute Gasteiger partial charge is 0.337 e. The molecule has 0 saturated heterocycles. The van der Waals surface area contributed by atoms with Crippen molar-refractivity contribution in [2.45, 2.75) is 52.5 Å². The van der Waals surface area contributed by atoms with Crippen molar-refractivity contribution in [2.75, 3.05) is 0 Å². The number of carbonyl (C=O) groups is 1. The molecule has 1 atom stereocenters. The van der Waals surface area contributed by atoms with Crippen LogP contribution in [-0.4, -0.2) is 30.8 Å². The molecule has 3 aromatic rings. The van der Waals surface area contributed by atoms with E-state index in [0.717, 1.165) is 42.2 Å². The molecule has 2 aromatic heterocycles. The third kappa shape index (κ3) is 4.27. The molecule has 0 radical (unpaired) electrons. The average Bonchev–Trinajstić information content (AvgIpc) is 3.10. The number of aryl methyl sites for hydroxylation is 1. The first kappa shape index (κ1) is 19.7. The Bertz CT molecular complexity index is 947. The molecule has 1 N–H and O–H groups in total. The van der Waals surface area contributed by atoms with Gasteiger partial charge >= 0.3 is 5.97 Å². The fourth-order valence-corrected chi connectivity index (χ4v) is 3.11. The van der Waals surface area contributed by atoms with Gasteiger partial charge in [0.1, 0.15) is 5.82 Å². The van der Waals surface area contributed by atoms with E-state index in [1.54, 1.807) is 12.3 Å². The molecule has 0 saturated carbocycles. The van der Waals surface area contributed by atoms with Crippen LogP contribution < -0.4 is 0 Å². The van der Waals surface area contributed by atoms with Gasteiger partial charge in [0.05, 0.1) is 5.56 Å². The number of benzene rings is 1. The predicted molar refractivity (Wildman–Crippen MR) is 108 cm³/mol. The lowest BCUT2D eigenvalue weighted by Crippen LogP contribution is -2.06. The highest BCUT2D eigenvalue weighted by Gasteiger charge is 2.15. The second kappa shape index (κ2) is 8.78. The Morgan fingerprint density at radius 2 is 1.93 bits per heavy atom. The first-order valence-corrected chi connectivity index (χ1v) is 9.73. The second-order valence-electron chi connectivity index (χ2n) is 7.02. The SMILES string of the molecule is CCCn1nc(C(C)CC)nc1Cc1ccc(-c2ccncc2C(=O)O)cc1. The fourth-order valence-electron chi connectivity index (χ4n) is 3.11. The Morgan fingerprint density at radius 1 is 1.18 bits per heavy atom. The third-order valence-corrected chi connectivity index (χ3v) is 4.93. The number of aromatic nitrogens is 4. The van der Waals surface area contributed by atoms with Crippen LogP contribution in [0.4, 0.5) is 0 Å². The molecule has 2 heterocycles. The molecule has 0 spiro atoms. The summed E-state index contributed by atoms with van der Waals surface area (Å²) in [5.74, 6) is 1.25. The molecule has 1 aromatic carbocycles. The lowest BCUT2D eigenvalue weighted by atomic mass is 10.00. The maximum atomic E-state index is 11.4. The number of carboxylic acids is 1. The minimum absolute atomic E-state index is 0.205. The van der Waals surface area contributed by atoms with Crippen molar-refractivity contribution >= 4 is 5.97 Å². The van der Waals surface area contributed by atoms with Gasteiger partial charge in [-0.15, -0.1) is 0 Å². The fraction of sp³-hybridized carbons (Fsp3) is 0.364. The Kier molecular flexibility index (Phi) is 6.19. The maximum Gasteiger partial charge on any atom is 0.337 e. The zero-order valence-corrected chi connectivity index (χ0v) is 16.6. The minimum atomic E-state index is -0.975. The van der Waals surface area contributed by atoms with Crippen LogP contribution in [0.2, 0.25) is 0 Å². The number of hydrogen-bond donors (Lipinski definition) is 1. The minimum Gasteiger partial charge on any atom is -0.478 e. The van der Waals surface area contributed by atoms with Gasteiger partial charge in [-0.1, -0.05) is 45.0 Å². The first-order valence-electron chi connectivity index (χ1n) is 9.73. The van der Waals surface area contributed by atoms with Crippen molar-refractivity contribution in [1.29, 1.82) is 0 Å². The van der Waals surface area contributed by atoms with Crippen molar-refractivity contribution in [3.63, 3.8) is 0 Å². The van der Waals surface area contributed by atoms with E-state index in [2.05, 4.69) is 25.8 Å². The lowest BCUT2D eigenvalue weighted by molar-refractivity contribution is 0.0697. The molecular weight excluding hydrogens is 352 g/mol. The van der Waals surface area contributed by atoms with Crippen molar-refractivity contribution < 1.29 is 9.90 Å². The van der Waals surface area contributed by atoms with E-state index in [9.17, 15) is 9.90 Å². The molecule has 6 heteroatoms. The van der Waals surface area contributed by atoms with Gasteiger partial charge in [0, 0.05) is 31.3 Å². The van der Waals surface area contributed by atoms with Crippen molar-refractivity contribution in [3.8, 4) is 11.1 Å². The van der Waals surface area contributed by atoms with Crippen LogP contribution >= 0.6 is 0 Å². The van der Waals surface area contributed by atoms with Crippen LogP contribution in [0.25, 0.3) is 11.1 Å². The zero-order valence-electron chi connectivity index (χ0n) is 16.6. The summed E-state index contributed by atoms with van der Waals surface area (Å²) in [5, 5.41) is 14.1. The number of hydrogen-bond acceptors (Lipinski definition) is 4. The van der Waals surface area contributed by atoms with Gasteiger partial charge in [0.15, 0.2) is 5.82 Å². The van der Waals surface area contributed by atoms with Gasteiger partial charge in [0.25, 0.3) is 0 Å². The first-order chi connectivity index (χ1) is 13.5. The summed E-state index contributed by atoms with van der Waals surface area (Å²) in [6, 6.07) is 9.68. The Labute approximate surface area is 165 Å². The normalized spacial score (nSPS) is 12.1. The van der Waals surface area contributed by atoms with Crippen LogP contribution in [0.5, 0.6) is 0 Å². The average molecular weight is 378 g/mol. The maximum absolute atomic E-state index is 11.4. The Balaban J connectivity index is 1.85. The van der Waals surface area contributed by atoms with Crippen molar-refractivity contribution in [1.82, 2.24) is 19.7 Å². The van der Waals surface area contributed by atoms with E-state index >= 15 is 0 Å². The van der Waals surface area contributed by atoms with Crippen LogP contribution in [0, 0.1) is 0 Å². The summed E-state index contributed by atoms with van der Waals surface area (Å²) in [5.41, 5.74) is 2.85. The highest BCUT2D eigenvalue weighted by atomic mass is 16.4.